The van der Waals surface area contributed by atoms with Gasteiger partial charge in [-0.25, -0.2) is 0 Å². The predicted octanol–water partition coefficient (Wildman–Crippen LogP) is 3.62. The van der Waals surface area contributed by atoms with Crippen LogP contribution < -0.4 is 5.32 Å². The molecular weight excluding hydrogens is 248 g/mol. The van der Waals surface area contributed by atoms with E-state index in [0.717, 1.165) is 37.4 Å². The third kappa shape index (κ3) is 3.78. The summed E-state index contributed by atoms with van der Waals surface area (Å²) in [6.07, 6.45) is 0.993. The number of rotatable bonds is 7. The molecule has 0 saturated heterocycles. The summed E-state index contributed by atoms with van der Waals surface area (Å²) in [4.78, 5) is 4.55. The van der Waals surface area contributed by atoms with Crippen LogP contribution in [0.15, 0.2) is 30.3 Å². The van der Waals surface area contributed by atoms with Crippen molar-refractivity contribution in [1.82, 2.24) is 10.3 Å². The second-order valence-electron chi connectivity index (χ2n) is 5.00. The lowest BCUT2D eigenvalue weighted by atomic mass is 10.0. The van der Waals surface area contributed by atoms with Crippen molar-refractivity contribution in [2.75, 3.05) is 19.8 Å². The summed E-state index contributed by atoms with van der Waals surface area (Å²) in [5.74, 6) is 0. The molecule has 1 aromatic heterocycles. The Kier molecular flexibility index (Phi) is 5.50. The van der Waals surface area contributed by atoms with E-state index in [2.05, 4.69) is 47.6 Å². The van der Waals surface area contributed by atoms with Gasteiger partial charge in [0, 0.05) is 30.3 Å². The van der Waals surface area contributed by atoms with E-state index in [1.807, 2.05) is 13.8 Å². The number of hydrogen-bond acceptors (Lipinski definition) is 3. The fraction of sp³-hybridized carbons (Fsp3) is 0.471. The summed E-state index contributed by atoms with van der Waals surface area (Å²) in [6, 6.07) is 11.1. The number of hydrogen-bond donors (Lipinski definition) is 1. The van der Waals surface area contributed by atoms with Gasteiger partial charge in [-0.15, -0.1) is 0 Å². The van der Waals surface area contributed by atoms with Crippen LogP contribution >= 0.6 is 0 Å². The molecule has 0 spiro atoms. The molecule has 3 heteroatoms. The second-order valence-corrected chi connectivity index (χ2v) is 5.00. The number of benzene rings is 1. The van der Waals surface area contributed by atoms with Gasteiger partial charge < -0.3 is 10.1 Å². The summed E-state index contributed by atoms with van der Waals surface area (Å²) in [6.45, 7) is 8.72. The Morgan fingerprint density at radius 1 is 1.20 bits per heavy atom. The molecule has 0 radical (unpaired) electrons. The fourth-order valence-electron chi connectivity index (χ4n) is 2.44. The van der Waals surface area contributed by atoms with E-state index in [1.165, 1.54) is 10.9 Å². The van der Waals surface area contributed by atoms with Crippen molar-refractivity contribution in [3.05, 3.63) is 41.6 Å². The van der Waals surface area contributed by atoms with E-state index in [9.17, 15) is 0 Å². The van der Waals surface area contributed by atoms with E-state index < -0.39 is 0 Å². The number of aryl methyl sites for hydroxylation is 1. The monoisotopic (exact) mass is 272 g/mol. The maximum atomic E-state index is 5.48. The van der Waals surface area contributed by atoms with Gasteiger partial charge in [-0.05, 0) is 50.6 Å². The summed E-state index contributed by atoms with van der Waals surface area (Å²) in [7, 11) is 0. The lowest BCUT2D eigenvalue weighted by molar-refractivity contribution is 0.136. The largest absolute Gasteiger partial charge is 0.382 e. The standard InChI is InChI=1S/C17H24N2O/c1-4-18-16(10-11-20-5-2)14-8-9-17-15(12-14)7-6-13(3)19-17/h6-9,12,16,18H,4-5,10-11H2,1-3H3. The van der Waals surface area contributed by atoms with Gasteiger partial charge in [-0.3, -0.25) is 4.98 Å². The lowest BCUT2D eigenvalue weighted by Crippen LogP contribution is -2.22. The summed E-state index contributed by atoms with van der Waals surface area (Å²) in [5.41, 5.74) is 3.43. The zero-order valence-electron chi connectivity index (χ0n) is 12.6. The quantitative estimate of drug-likeness (QED) is 0.782. The molecule has 1 atom stereocenters. The average molecular weight is 272 g/mol. The van der Waals surface area contributed by atoms with Crippen molar-refractivity contribution >= 4 is 10.9 Å². The van der Waals surface area contributed by atoms with Crippen LogP contribution in [0.3, 0.4) is 0 Å². The SMILES string of the molecule is CCNC(CCOCC)c1ccc2nc(C)ccc2c1. The molecule has 1 aromatic carbocycles. The van der Waals surface area contributed by atoms with E-state index in [0.29, 0.717) is 6.04 Å². The highest BCUT2D eigenvalue weighted by Gasteiger charge is 2.11. The molecule has 20 heavy (non-hydrogen) atoms. The van der Waals surface area contributed by atoms with Gasteiger partial charge in [0.1, 0.15) is 0 Å². The molecule has 0 aliphatic heterocycles. The van der Waals surface area contributed by atoms with E-state index in [1.54, 1.807) is 0 Å². The highest BCUT2D eigenvalue weighted by Crippen LogP contribution is 2.22. The van der Waals surface area contributed by atoms with Gasteiger partial charge in [-0.2, -0.15) is 0 Å². The maximum absolute atomic E-state index is 5.48. The fourth-order valence-corrected chi connectivity index (χ4v) is 2.44. The zero-order valence-corrected chi connectivity index (χ0v) is 12.6. The number of ether oxygens (including phenoxy) is 1. The van der Waals surface area contributed by atoms with Crippen LogP contribution in [0.25, 0.3) is 10.9 Å². The normalized spacial score (nSPS) is 12.8. The first-order valence-corrected chi connectivity index (χ1v) is 7.43. The Morgan fingerprint density at radius 2 is 2.05 bits per heavy atom. The first kappa shape index (κ1) is 14.9. The Hall–Kier alpha value is -1.45. The molecule has 2 rings (SSSR count). The Morgan fingerprint density at radius 3 is 2.80 bits per heavy atom. The first-order valence-electron chi connectivity index (χ1n) is 7.43. The van der Waals surface area contributed by atoms with Gasteiger partial charge >= 0.3 is 0 Å². The molecule has 1 unspecified atom stereocenters. The number of aromatic nitrogens is 1. The van der Waals surface area contributed by atoms with E-state index in [-0.39, 0.29) is 0 Å². The molecule has 1 heterocycles. The number of nitrogens with one attached hydrogen (secondary N) is 1. The Balaban J connectivity index is 2.21. The van der Waals surface area contributed by atoms with Crippen molar-refractivity contribution in [3.63, 3.8) is 0 Å². The first-order chi connectivity index (χ1) is 9.74. The minimum atomic E-state index is 0.345. The van der Waals surface area contributed by atoms with E-state index in [4.69, 9.17) is 4.74 Å². The number of fused-ring (bicyclic) bond motifs is 1. The molecule has 0 amide bonds. The molecule has 0 aliphatic rings. The van der Waals surface area contributed by atoms with Gasteiger partial charge in [0.25, 0.3) is 0 Å². The summed E-state index contributed by atoms with van der Waals surface area (Å²) in [5, 5.41) is 4.73. The van der Waals surface area contributed by atoms with E-state index >= 15 is 0 Å². The molecular formula is C17H24N2O. The van der Waals surface area contributed by atoms with Gasteiger partial charge in [0.05, 0.1) is 5.52 Å². The highest BCUT2D eigenvalue weighted by atomic mass is 16.5. The average Bonchev–Trinajstić information content (AvgIpc) is 2.46. The van der Waals surface area contributed by atoms with Crippen molar-refractivity contribution in [2.45, 2.75) is 33.2 Å². The third-order valence-corrected chi connectivity index (χ3v) is 3.46. The molecule has 3 nitrogen and oxygen atoms in total. The Bertz CT molecular complexity index is 554. The van der Waals surface area contributed by atoms with Crippen molar-refractivity contribution in [1.29, 1.82) is 0 Å². The van der Waals surface area contributed by atoms with Crippen molar-refractivity contribution in [2.24, 2.45) is 0 Å². The van der Waals surface area contributed by atoms with Crippen LogP contribution in [0.2, 0.25) is 0 Å². The van der Waals surface area contributed by atoms with Gasteiger partial charge in [-0.1, -0.05) is 19.1 Å². The number of pyridine rings is 1. The minimum Gasteiger partial charge on any atom is -0.382 e. The molecule has 0 saturated carbocycles. The topological polar surface area (TPSA) is 34.1 Å². The van der Waals surface area contributed by atoms with Crippen LogP contribution in [0.5, 0.6) is 0 Å². The van der Waals surface area contributed by atoms with Gasteiger partial charge in [0.2, 0.25) is 0 Å². The van der Waals surface area contributed by atoms with Crippen molar-refractivity contribution < 1.29 is 4.74 Å². The predicted molar refractivity (Wildman–Crippen MR) is 84.0 cm³/mol. The Labute approximate surface area is 121 Å². The molecule has 1 N–H and O–H groups in total. The molecule has 0 aliphatic carbocycles. The van der Waals surface area contributed by atoms with Crippen LogP contribution in [-0.2, 0) is 4.74 Å². The summed E-state index contributed by atoms with van der Waals surface area (Å²) < 4.78 is 5.48. The van der Waals surface area contributed by atoms with Gasteiger partial charge in [0.15, 0.2) is 0 Å². The molecule has 0 bridgehead atoms. The number of nitrogens with zero attached hydrogens (tertiary/aromatic N) is 1. The lowest BCUT2D eigenvalue weighted by Gasteiger charge is -2.18. The molecule has 2 aromatic rings. The van der Waals surface area contributed by atoms with Crippen molar-refractivity contribution in [3.8, 4) is 0 Å². The maximum Gasteiger partial charge on any atom is 0.0705 e. The second kappa shape index (κ2) is 7.36. The zero-order chi connectivity index (χ0) is 14.4. The van der Waals surface area contributed by atoms with Crippen LogP contribution in [-0.4, -0.2) is 24.7 Å². The molecule has 108 valence electrons. The third-order valence-electron chi connectivity index (χ3n) is 3.46. The smallest absolute Gasteiger partial charge is 0.0705 e. The summed E-state index contributed by atoms with van der Waals surface area (Å²) >= 11 is 0. The molecule has 0 fully saturated rings. The van der Waals surface area contributed by atoms with Crippen LogP contribution in [0, 0.1) is 6.92 Å². The minimum absolute atomic E-state index is 0.345. The van der Waals surface area contributed by atoms with Crippen LogP contribution in [0.4, 0.5) is 0 Å². The van der Waals surface area contributed by atoms with Crippen LogP contribution in [0.1, 0.15) is 37.6 Å². The highest BCUT2D eigenvalue weighted by molar-refractivity contribution is 5.79.